The van der Waals surface area contributed by atoms with E-state index in [9.17, 15) is 9.59 Å². The molecular weight excluding hydrogens is 136 g/mol. The smallest absolute Gasteiger partial charge is 0.192 e. The monoisotopic (exact) mass is 148 g/mol. The Balaban J connectivity index is -0.000000107. The van der Waals surface area contributed by atoms with E-state index in [0.717, 1.165) is 0 Å². The van der Waals surface area contributed by atoms with Crippen molar-refractivity contribution in [2.24, 2.45) is 0 Å². The molecule has 0 aromatic rings. The van der Waals surface area contributed by atoms with Crippen molar-refractivity contribution in [3.63, 3.8) is 0 Å². The Morgan fingerprint density at radius 2 is 1.70 bits per heavy atom. The van der Waals surface area contributed by atoms with Crippen LogP contribution in [0.4, 0.5) is 0 Å². The molecule has 60 valence electrons. The van der Waals surface area contributed by atoms with Crippen LogP contribution < -0.4 is 0 Å². The summed E-state index contributed by atoms with van der Waals surface area (Å²) in [5.41, 5.74) is 0. The molecular formula is C6H12O4. The lowest BCUT2D eigenvalue weighted by Gasteiger charge is -1.72. The third kappa shape index (κ3) is 28.2. The minimum absolute atomic E-state index is 0. The van der Waals surface area contributed by atoms with Crippen molar-refractivity contribution in [2.45, 2.75) is 13.8 Å². The highest BCUT2D eigenvalue weighted by Gasteiger charge is 1.78. The molecule has 1 N–H and O–H groups in total. The first-order valence-electron chi connectivity index (χ1n) is 2.60. The highest BCUT2D eigenvalue weighted by molar-refractivity contribution is 6.23. The zero-order valence-electron chi connectivity index (χ0n) is 5.96. The van der Waals surface area contributed by atoms with Gasteiger partial charge in [-0.2, -0.15) is 0 Å². The molecule has 0 atom stereocenters. The van der Waals surface area contributed by atoms with Gasteiger partial charge in [0.1, 0.15) is 6.61 Å². The average Bonchev–Trinajstić information content (AvgIpc) is 1.89. The van der Waals surface area contributed by atoms with Gasteiger partial charge in [0.2, 0.25) is 0 Å². The first-order chi connectivity index (χ1) is 4.54. The van der Waals surface area contributed by atoms with Crippen molar-refractivity contribution >= 4 is 17.9 Å². The molecule has 4 heteroatoms. The van der Waals surface area contributed by atoms with Crippen LogP contribution in [0.5, 0.6) is 0 Å². The quantitative estimate of drug-likeness (QED) is 0.426. The van der Waals surface area contributed by atoms with E-state index in [1.807, 2.05) is 0 Å². The first kappa shape index (κ1) is 11.7. The summed E-state index contributed by atoms with van der Waals surface area (Å²) < 4.78 is 0. The minimum atomic E-state index is -0.426. The molecule has 0 heterocycles. The Labute approximate surface area is 60.3 Å². The van der Waals surface area contributed by atoms with E-state index in [4.69, 9.17) is 9.90 Å². The lowest BCUT2D eigenvalue weighted by Crippen LogP contribution is -1.93. The number of carbonyl (C=O) groups excluding carboxylic acids is 3. The summed E-state index contributed by atoms with van der Waals surface area (Å²) in [6.07, 6.45) is 0.278. The van der Waals surface area contributed by atoms with Crippen LogP contribution in [0, 0.1) is 0 Å². The maximum Gasteiger partial charge on any atom is 0.192 e. The van der Waals surface area contributed by atoms with Gasteiger partial charge < -0.3 is 5.11 Å². The fourth-order valence-corrected chi connectivity index (χ4v) is 0. The number of aliphatic hydroxyl groups is 1. The van der Waals surface area contributed by atoms with Gasteiger partial charge in [0, 0.05) is 8.35 Å². The Morgan fingerprint density at radius 1 is 1.50 bits per heavy atom. The van der Waals surface area contributed by atoms with E-state index >= 15 is 0 Å². The predicted octanol–water partition coefficient (Wildman–Crippen LogP) is -0.412. The van der Waals surface area contributed by atoms with Gasteiger partial charge in [0.05, 0.1) is 0 Å². The van der Waals surface area contributed by atoms with Crippen LogP contribution in [0.15, 0.2) is 0 Å². The van der Waals surface area contributed by atoms with Crippen LogP contribution in [0.1, 0.15) is 15.3 Å². The Morgan fingerprint density at radius 3 is 1.70 bits per heavy atom. The number of carbonyl (C=O) groups is 3. The molecule has 4 nitrogen and oxygen atoms in total. The van der Waals surface area contributed by atoms with Gasteiger partial charge >= 0.3 is 0 Å². The molecule has 0 fully saturated rings. The minimum Gasteiger partial charge on any atom is -0.389 e. The molecule has 0 aromatic heterocycles. The number of hydrogen-bond acceptors (Lipinski definition) is 4. The van der Waals surface area contributed by atoms with Crippen LogP contribution in [0.25, 0.3) is 0 Å². The molecule has 10 heavy (non-hydrogen) atoms. The zero-order chi connectivity index (χ0) is 8.57. The topological polar surface area (TPSA) is 71.4 Å². The fraction of sp³-hybridized carbons (Fsp3) is 0.500. The maximum atomic E-state index is 9.56. The number of aldehydes is 1. The molecule has 0 bridgehead atoms. The van der Waals surface area contributed by atoms with Crippen LogP contribution in [0.3, 0.4) is 0 Å². The van der Waals surface area contributed by atoms with Crippen molar-refractivity contribution < 1.29 is 20.9 Å². The van der Waals surface area contributed by atoms with E-state index in [1.54, 1.807) is 0 Å². The third-order valence-electron chi connectivity index (χ3n) is 0.389. The normalized spacial score (nSPS) is 7.10. The van der Waals surface area contributed by atoms with Gasteiger partial charge in [-0.25, -0.2) is 0 Å². The predicted molar refractivity (Wildman–Crippen MR) is 36.6 cm³/mol. The standard InChI is InChI=1S/C3H6O2.C3H4O2.H2/c2*1-3(5)2-4;/h4H,2H2,1H3;2H,1H3;1H. The summed E-state index contributed by atoms with van der Waals surface area (Å²) in [6.45, 7) is 2.22. The number of aliphatic hydroxyl groups excluding tert-OH is 1. The van der Waals surface area contributed by atoms with Crippen LogP contribution in [-0.4, -0.2) is 29.6 Å². The van der Waals surface area contributed by atoms with Gasteiger partial charge in [-0.15, -0.1) is 0 Å². The summed E-state index contributed by atoms with van der Waals surface area (Å²) >= 11 is 0. The summed E-state index contributed by atoms with van der Waals surface area (Å²) in [4.78, 5) is 28.2. The molecule has 0 aliphatic heterocycles. The molecule has 0 spiro atoms. The van der Waals surface area contributed by atoms with E-state index < -0.39 is 5.78 Å². The molecule has 0 saturated carbocycles. The van der Waals surface area contributed by atoms with E-state index in [0.29, 0.717) is 0 Å². The number of Topliss-reactive ketones (excluding diaryl/α,β-unsaturated/α-hetero) is 2. The number of hydrogen-bond donors (Lipinski definition) is 1. The van der Waals surface area contributed by atoms with E-state index in [1.165, 1.54) is 13.8 Å². The molecule has 0 amide bonds. The summed E-state index contributed by atoms with van der Waals surface area (Å²) in [5, 5.41) is 7.79. The molecule has 0 aromatic carbocycles. The second-order valence-corrected chi connectivity index (χ2v) is 1.59. The second-order valence-electron chi connectivity index (χ2n) is 1.59. The Hall–Kier alpha value is -1.03. The average molecular weight is 148 g/mol. The Bertz CT molecular complexity index is 133. The molecule has 0 rings (SSSR count). The van der Waals surface area contributed by atoms with E-state index in [2.05, 4.69) is 0 Å². The highest BCUT2D eigenvalue weighted by Crippen LogP contribution is 1.55. The summed E-state index contributed by atoms with van der Waals surface area (Å²) in [7, 11) is 0. The van der Waals surface area contributed by atoms with Gasteiger partial charge in [-0.05, 0) is 6.92 Å². The Kier molecular flexibility index (Phi) is 9.35. The first-order valence-corrected chi connectivity index (χ1v) is 2.60. The summed E-state index contributed by atoms with van der Waals surface area (Å²) in [6, 6.07) is 0. The highest BCUT2D eigenvalue weighted by atomic mass is 16.3. The molecule has 0 radical (unpaired) electrons. The van der Waals surface area contributed by atoms with Crippen molar-refractivity contribution in [3.8, 4) is 0 Å². The SMILES string of the molecule is CC(=O)C=O.CC(=O)CO.[HH]. The van der Waals surface area contributed by atoms with Gasteiger partial charge in [0.15, 0.2) is 17.9 Å². The lowest BCUT2D eigenvalue weighted by atomic mass is 10.5. The van der Waals surface area contributed by atoms with E-state index in [-0.39, 0.29) is 20.1 Å². The fourth-order valence-electron chi connectivity index (χ4n) is 0. The van der Waals surface area contributed by atoms with Crippen molar-refractivity contribution in [3.05, 3.63) is 0 Å². The molecule has 0 unspecified atom stereocenters. The van der Waals surface area contributed by atoms with Gasteiger partial charge in [-0.1, -0.05) is 0 Å². The lowest BCUT2D eigenvalue weighted by molar-refractivity contribution is -0.128. The van der Waals surface area contributed by atoms with Crippen LogP contribution in [0.2, 0.25) is 0 Å². The molecule has 0 aliphatic carbocycles. The van der Waals surface area contributed by atoms with Crippen LogP contribution >= 0.6 is 0 Å². The summed E-state index contributed by atoms with van der Waals surface area (Å²) in [5.74, 6) is -0.616. The number of ketones is 2. The van der Waals surface area contributed by atoms with Gasteiger partial charge in [-0.3, -0.25) is 14.4 Å². The second kappa shape index (κ2) is 7.97. The molecule has 0 aliphatic rings. The van der Waals surface area contributed by atoms with Gasteiger partial charge in [0.25, 0.3) is 0 Å². The largest absolute Gasteiger partial charge is 0.389 e. The maximum absolute atomic E-state index is 9.56. The van der Waals surface area contributed by atoms with Crippen molar-refractivity contribution in [1.82, 2.24) is 0 Å². The number of rotatable bonds is 2. The van der Waals surface area contributed by atoms with Crippen molar-refractivity contribution in [2.75, 3.05) is 6.61 Å². The zero-order valence-corrected chi connectivity index (χ0v) is 5.96. The molecule has 0 saturated heterocycles. The van der Waals surface area contributed by atoms with Crippen molar-refractivity contribution in [1.29, 1.82) is 0 Å². The van der Waals surface area contributed by atoms with Crippen LogP contribution in [-0.2, 0) is 14.4 Å². The third-order valence-corrected chi connectivity index (χ3v) is 0.389.